The minimum atomic E-state index is -0.513. The molecule has 2 aromatic heterocycles. The van der Waals surface area contributed by atoms with Gasteiger partial charge in [0.05, 0.1) is 5.56 Å². The van der Waals surface area contributed by atoms with Crippen LogP contribution in [0.25, 0.3) is 22.7 Å². The Morgan fingerprint density at radius 3 is 2.76 bits per heavy atom. The molecule has 0 atom stereocenters. The van der Waals surface area contributed by atoms with E-state index in [1.165, 1.54) is 0 Å². The van der Waals surface area contributed by atoms with Gasteiger partial charge in [0.2, 0.25) is 5.91 Å². The van der Waals surface area contributed by atoms with Crippen molar-refractivity contribution >= 4 is 11.9 Å². The van der Waals surface area contributed by atoms with E-state index < -0.39 is 5.97 Å². The molecule has 172 valence electrons. The summed E-state index contributed by atoms with van der Waals surface area (Å²) in [5.74, 6) is 0.557. The Hall–Kier alpha value is -4.27. The summed E-state index contributed by atoms with van der Waals surface area (Å²) in [6.45, 7) is 2.81. The van der Waals surface area contributed by atoms with E-state index in [2.05, 4.69) is 15.4 Å². The van der Waals surface area contributed by atoms with Gasteiger partial charge in [0.25, 0.3) is 11.8 Å². The highest BCUT2D eigenvalue weighted by Gasteiger charge is 2.23. The second kappa shape index (κ2) is 9.30. The van der Waals surface area contributed by atoms with Gasteiger partial charge in [0, 0.05) is 25.1 Å². The van der Waals surface area contributed by atoms with Crippen LogP contribution in [-0.4, -0.2) is 38.7 Å². The lowest BCUT2D eigenvalue weighted by Gasteiger charge is -2.15. The average Bonchev–Trinajstić information content (AvgIpc) is 3.58. The zero-order valence-electron chi connectivity index (χ0n) is 18.6. The Kier molecular flexibility index (Phi) is 5.90. The van der Waals surface area contributed by atoms with E-state index in [4.69, 9.17) is 13.7 Å². The number of hydrogen-bond donors (Lipinski definition) is 0. The average molecular weight is 458 g/mol. The Morgan fingerprint density at radius 1 is 1.12 bits per heavy atom. The molecule has 5 rings (SSSR count). The second-order valence-electron chi connectivity index (χ2n) is 8.02. The minimum absolute atomic E-state index is 0.138. The molecule has 9 nitrogen and oxygen atoms in total. The van der Waals surface area contributed by atoms with E-state index in [-0.39, 0.29) is 24.3 Å². The zero-order valence-corrected chi connectivity index (χ0v) is 18.6. The summed E-state index contributed by atoms with van der Waals surface area (Å²) >= 11 is 0. The van der Waals surface area contributed by atoms with Crippen molar-refractivity contribution in [3.63, 3.8) is 0 Å². The van der Waals surface area contributed by atoms with Gasteiger partial charge in [-0.15, -0.1) is 10.2 Å². The number of carbonyl (C=O) groups is 2. The lowest BCUT2D eigenvalue weighted by molar-refractivity contribution is -0.128. The minimum Gasteiger partial charge on any atom is -0.452 e. The van der Waals surface area contributed by atoms with Crippen molar-refractivity contribution in [2.24, 2.45) is 0 Å². The van der Waals surface area contributed by atoms with Gasteiger partial charge in [0.15, 0.2) is 6.61 Å². The Balaban J connectivity index is 1.26. The highest BCUT2D eigenvalue weighted by atomic mass is 16.5. The van der Waals surface area contributed by atoms with Gasteiger partial charge >= 0.3 is 5.97 Å². The number of ether oxygens (including phenoxy) is 1. The van der Waals surface area contributed by atoms with Crippen LogP contribution in [0.5, 0.6) is 0 Å². The van der Waals surface area contributed by atoms with Crippen LogP contribution < -0.4 is 0 Å². The molecule has 0 aliphatic carbocycles. The predicted octanol–water partition coefficient (Wildman–Crippen LogP) is 4.18. The Bertz CT molecular complexity index is 1330. The standard InChI is InChI=1S/C25H22N4O5/c1-16-22(23(28-34-16)18-8-3-2-4-9-18)24-27-26-20(33-24)15-32-25(31)19-10-5-7-17(13-19)14-29-12-6-11-21(29)30/h2-5,7-10,13H,6,11-12,14-15H2,1H3. The normalized spacial score (nSPS) is 13.4. The number of hydrogen-bond acceptors (Lipinski definition) is 8. The van der Waals surface area contributed by atoms with Crippen LogP contribution >= 0.6 is 0 Å². The molecule has 4 aromatic rings. The SMILES string of the molecule is Cc1onc(-c2ccccc2)c1-c1nnc(COC(=O)c2cccc(CN3CCCC3=O)c2)o1. The molecule has 3 heterocycles. The molecular weight excluding hydrogens is 436 g/mol. The maximum atomic E-state index is 12.6. The van der Waals surface area contributed by atoms with E-state index in [0.29, 0.717) is 35.5 Å². The van der Waals surface area contributed by atoms with Gasteiger partial charge in [-0.3, -0.25) is 4.79 Å². The number of rotatable bonds is 7. The third-order valence-electron chi connectivity index (χ3n) is 5.62. The van der Waals surface area contributed by atoms with Gasteiger partial charge < -0.3 is 18.6 Å². The van der Waals surface area contributed by atoms with Crippen LogP contribution in [0.2, 0.25) is 0 Å². The van der Waals surface area contributed by atoms with Crippen molar-refractivity contribution < 1.29 is 23.3 Å². The zero-order chi connectivity index (χ0) is 23.5. The molecule has 1 aliphatic rings. The maximum absolute atomic E-state index is 12.6. The Morgan fingerprint density at radius 2 is 1.97 bits per heavy atom. The number of benzene rings is 2. The number of carbonyl (C=O) groups excluding carboxylic acids is 2. The highest BCUT2D eigenvalue weighted by molar-refractivity contribution is 5.89. The fraction of sp³-hybridized carbons (Fsp3) is 0.240. The van der Waals surface area contributed by atoms with Crippen LogP contribution in [0.3, 0.4) is 0 Å². The summed E-state index contributed by atoms with van der Waals surface area (Å²) in [4.78, 5) is 26.2. The molecule has 0 bridgehead atoms. The van der Waals surface area contributed by atoms with Crippen molar-refractivity contribution in [2.75, 3.05) is 6.54 Å². The van der Waals surface area contributed by atoms with E-state index in [1.807, 2.05) is 36.4 Å². The van der Waals surface area contributed by atoms with E-state index in [0.717, 1.165) is 24.1 Å². The third kappa shape index (κ3) is 4.45. The van der Waals surface area contributed by atoms with Gasteiger partial charge in [0.1, 0.15) is 17.0 Å². The smallest absolute Gasteiger partial charge is 0.338 e. The summed E-state index contributed by atoms with van der Waals surface area (Å²) in [6, 6.07) is 16.6. The molecule has 0 N–H and O–H groups in total. The molecule has 9 heteroatoms. The first kappa shape index (κ1) is 21.6. The van der Waals surface area contributed by atoms with Gasteiger partial charge in [-0.05, 0) is 31.0 Å². The van der Waals surface area contributed by atoms with Gasteiger partial charge in [-0.1, -0.05) is 47.6 Å². The van der Waals surface area contributed by atoms with Crippen molar-refractivity contribution in [3.8, 4) is 22.7 Å². The predicted molar refractivity (Wildman–Crippen MR) is 120 cm³/mol. The second-order valence-corrected chi connectivity index (χ2v) is 8.02. The summed E-state index contributed by atoms with van der Waals surface area (Å²) in [6.07, 6.45) is 1.45. The maximum Gasteiger partial charge on any atom is 0.338 e. The van der Waals surface area contributed by atoms with Crippen molar-refractivity contribution in [2.45, 2.75) is 32.9 Å². The molecule has 34 heavy (non-hydrogen) atoms. The van der Waals surface area contributed by atoms with E-state index in [1.54, 1.807) is 30.0 Å². The fourth-order valence-corrected chi connectivity index (χ4v) is 3.93. The third-order valence-corrected chi connectivity index (χ3v) is 5.62. The molecule has 2 aromatic carbocycles. The molecular formula is C25H22N4O5. The monoisotopic (exact) mass is 458 g/mol. The molecule has 1 amide bonds. The van der Waals surface area contributed by atoms with Crippen LogP contribution in [0.1, 0.15) is 40.4 Å². The molecule has 0 unspecified atom stereocenters. The molecule has 1 aliphatic heterocycles. The van der Waals surface area contributed by atoms with Gasteiger partial charge in [-0.2, -0.15) is 0 Å². The van der Waals surface area contributed by atoms with Crippen molar-refractivity contribution in [1.29, 1.82) is 0 Å². The largest absolute Gasteiger partial charge is 0.452 e. The topological polar surface area (TPSA) is 112 Å². The first-order chi connectivity index (χ1) is 16.6. The quantitative estimate of drug-likeness (QED) is 0.379. The van der Waals surface area contributed by atoms with Crippen LogP contribution in [-0.2, 0) is 22.7 Å². The van der Waals surface area contributed by atoms with Crippen LogP contribution in [0.15, 0.2) is 63.5 Å². The molecule has 1 saturated heterocycles. The first-order valence-electron chi connectivity index (χ1n) is 11.0. The highest BCUT2D eigenvalue weighted by Crippen LogP contribution is 2.33. The lowest BCUT2D eigenvalue weighted by Crippen LogP contribution is -2.23. The van der Waals surface area contributed by atoms with Crippen LogP contribution in [0, 0.1) is 6.92 Å². The van der Waals surface area contributed by atoms with Gasteiger partial charge in [-0.25, -0.2) is 4.79 Å². The summed E-state index contributed by atoms with van der Waals surface area (Å²) in [5, 5.41) is 12.2. The number of nitrogens with zero attached hydrogens (tertiary/aromatic N) is 4. The van der Waals surface area contributed by atoms with Crippen LogP contribution in [0.4, 0.5) is 0 Å². The fourth-order valence-electron chi connectivity index (χ4n) is 3.93. The summed E-state index contributed by atoms with van der Waals surface area (Å²) < 4.78 is 16.5. The van der Waals surface area contributed by atoms with E-state index in [9.17, 15) is 9.59 Å². The van der Waals surface area contributed by atoms with E-state index >= 15 is 0 Å². The molecule has 0 spiro atoms. The summed E-state index contributed by atoms with van der Waals surface area (Å²) in [7, 11) is 0. The number of amides is 1. The number of aryl methyl sites for hydroxylation is 1. The molecule has 0 radical (unpaired) electrons. The van der Waals surface area contributed by atoms with Crippen molar-refractivity contribution in [1.82, 2.24) is 20.3 Å². The number of aromatic nitrogens is 3. The molecule has 0 saturated carbocycles. The first-order valence-corrected chi connectivity index (χ1v) is 11.0. The molecule has 1 fully saturated rings. The Labute approximate surface area is 195 Å². The summed E-state index contributed by atoms with van der Waals surface area (Å²) in [5.41, 5.74) is 3.32. The van der Waals surface area contributed by atoms with Crippen molar-refractivity contribution in [3.05, 3.63) is 77.4 Å². The number of esters is 1. The number of likely N-dealkylation sites (tertiary alicyclic amines) is 1. The lowest BCUT2D eigenvalue weighted by atomic mass is 10.1.